The number of amidine groups is 1. The zero-order valence-corrected chi connectivity index (χ0v) is 13.7. The Morgan fingerprint density at radius 2 is 2.05 bits per heavy atom. The van der Waals surface area contributed by atoms with Crippen LogP contribution in [-0.2, 0) is 13.8 Å². The van der Waals surface area contributed by atoms with E-state index in [1.165, 1.54) is 18.5 Å². The molecule has 0 saturated carbocycles. The molecule has 112 valence electrons. The van der Waals surface area contributed by atoms with E-state index in [1.807, 2.05) is 37.3 Å². The van der Waals surface area contributed by atoms with Gasteiger partial charge in [-0.15, -0.1) is 4.76 Å². The molecule has 1 N–H and O–H groups in total. The summed E-state index contributed by atoms with van der Waals surface area (Å²) in [6.45, 7) is 1.04. The minimum atomic E-state index is -3.13. The maximum absolute atomic E-state index is 12.6. The van der Waals surface area contributed by atoms with Gasteiger partial charge >= 0.3 is 6.72 Å². The fourth-order valence-electron chi connectivity index (χ4n) is 1.34. The first-order chi connectivity index (χ1) is 9.63. The molecule has 7 heteroatoms. The summed E-state index contributed by atoms with van der Waals surface area (Å²) in [5.74, 6) is 0.725. The summed E-state index contributed by atoms with van der Waals surface area (Å²) < 4.78 is 27.2. The van der Waals surface area contributed by atoms with Crippen molar-refractivity contribution < 1.29 is 13.8 Å². The van der Waals surface area contributed by atoms with Crippen LogP contribution in [0.1, 0.15) is 20.3 Å². The summed E-state index contributed by atoms with van der Waals surface area (Å²) in [5.41, 5.74) is 0.816. The molecule has 20 heavy (non-hydrogen) atoms. The normalized spacial score (nSPS) is 14.7. The molecule has 0 saturated heterocycles. The lowest BCUT2D eigenvalue weighted by molar-refractivity contribution is 0.344. The van der Waals surface area contributed by atoms with Gasteiger partial charge in [-0.1, -0.05) is 25.1 Å². The molecule has 0 aliphatic carbocycles. The molecule has 1 aromatic carbocycles. The molecule has 1 aromatic rings. The van der Waals surface area contributed by atoms with Crippen molar-refractivity contribution in [3.8, 4) is 0 Å². The van der Waals surface area contributed by atoms with Gasteiger partial charge in [0, 0.05) is 11.4 Å². The zero-order valence-electron chi connectivity index (χ0n) is 12.0. The van der Waals surface area contributed by atoms with Gasteiger partial charge in [0.15, 0.2) is 0 Å². The highest BCUT2D eigenvalue weighted by Gasteiger charge is 2.24. The molecule has 0 heterocycles. The summed E-state index contributed by atoms with van der Waals surface area (Å²) in [7, 11) is 1.48. The van der Waals surface area contributed by atoms with Crippen molar-refractivity contribution in [1.29, 1.82) is 0 Å². The third-order valence-electron chi connectivity index (χ3n) is 2.18. The summed E-state index contributed by atoms with van der Waals surface area (Å²) in [6.07, 6.45) is 0.908. The van der Waals surface area contributed by atoms with Gasteiger partial charge in [0.1, 0.15) is 0 Å². The van der Waals surface area contributed by atoms with Gasteiger partial charge in [-0.05, 0) is 36.9 Å². The lowest BCUT2D eigenvalue weighted by atomic mass is 10.3. The maximum Gasteiger partial charge on any atom is 0.376 e. The largest absolute Gasteiger partial charge is 0.468 e. The molecule has 0 aliphatic heterocycles. The summed E-state index contributed by atoms with van der Waals surface area (Å²) >= 11 is 1.23. The van der Waals surface area contributed by atoms with Crippen LogP contribution >= 0.6 is 18.1 Å². The molecular weight excluding hydrogens is 295 g/mol. The Morgan fingerprint density at radius 3 is 2.60 bits per heavy atom. The maximum atomic E-state index is 12.6. The van der Waals surface area contributed by atoms with E-state index in [0.29, 0.717) is 6.61 Å². The zero-order chi connectivity index (χ0) is 14.8. The average molecular weight is 316 g/mol. The number of benzene rings is 1. The quantitative estimate of drug-likeness (QED) is 0.459. The first kappa shape index (κ1) is 17.1. The van der Waals surface area contributed by atoms with Crippen LogP contribution in [0.5, 0.6) is 0 Å². The Balaban J connectivity index is 2.85. The Hall–Kier alpha value is -0.970. The van der Waals surface area contributed by atoms with Gasteiger partial charge < -0.3 is 14.6 Å². The van der Waals surface area contributed by atoms with Crippen molar-refractivity contribution in [3.05, 3.63) is 30.3 Å². The molecule has 5 nitrogen and oxygen atoms in total. The molecule has 0 spiro atoms. The van der Waals surface area contributed by atoms with Gasteiger partial charge in [0.2, 0.25) is 0 Å². The van der Waals surface area contributed by atoms with Gasteiger partial charge in [-0.25, -0.2) is 0 Å². The third-order valence-corrected chi connectivity index (χ3v) is 6.20. The molecule has 0 amide bonds. The van der Waals surface area contributed by atoms with E-state index in [4.69, 9.17) is 9.26 Å². The number of nitrogens with zero attached hydrogens (tertiary/aromatic N) is 1. The molecule has 1 rings (SSSR count). The Morgan fingerprint density at radius 1 is 1.35 bits per heavy atom. The van der Waals surface area contributed by atoms with E-state index in [1.54, 1.807) is 6.92 Å². The molecule has 0 aromatic heterocycles. The van der Waals surface area contributed by atoms with Crippen LogP contribution in [-0.4, -0.2) is 25.5 Å². The molecular formula is C13H21N2O3PS. The Bertz CT molecular complexity index is 468. The monoisotopic (exact) mass is 316 g/mol. The van der Waals surface area contributed by atoms with Crippen LogP contribution in [0.3, 0.4) is 0 Å². The van der Waals surface area contributed by atoms with Crippen LogP contribution in [0.2, 0.25) is 0 Å². The standard InChI is InChI=1S/C13H21N2O3PS/c1-4-11-20-19(16,18-5-2)15-13(17-3)14-12-9-7-6-8-10-12/h6-10H,4-5,11H2,1-3H3,(H,14,15,16). The van der Waals surface area contributed by atoms with Crippen molar-refractivity contribution in [2.45, 2.75) is 20.3 Å². The van der Waals surface area contributed by atoms with Crippen LogP contribution in [0, 0.1) is 0 Å². The fourth-order valence-corrected chi connectivity index (χ4v) is 4.80. The second kappa shape index (κ2) is 9.06. The van der Waals surface area contributed by atoms with Crippen molar-refractivity contribution in [1.82, 2.24) is 0 Å². The van der Waals surface area contributed by atoms with E-state index < -0.39 is 6.72 Å². The summed E-state index contributed by atoms with van der Waals surface area (Å²) in [4.78, 5) is 0. The van der Waals surface area contributed by atoms with E-state index in [-0.39, 0.29) is 6.02 Å². The van der Waals surface area contributed by atoms with E-state index in [9.17, 15) is 4.57 Å². The number of anilines is 1. The topological polar surface area (TPSA) is 59.9 Å². The molecule has 1 unspecified atom stereocenters. The summed E-state index contributed by atoms with van der Waals surface area (Å²) in [6, 6.07) is 9.64. The SMILES string of the molecule is CCCSP(=O)(N=C(Nc1ccccc1)OC)OCC. The van der Waals surface area contributed by atoms with Crippen LogP contribution in [0.25, 0.3) is 0 Å². The number of rotatable bonds is 7. The predicted molar refractivity (Wildman–Crippen MR) is 86.5 cm³/mol. The molecule has 0 bridgehead atoms. The van der Waals surface area contributed by atoms with E-state index >= 15 is 0 Å². The van der Waals surface area contributed by atoms with Gasteiger partial charge in [0.25, 0.3) is 6.02 Å². The lowest BCUT2D eigenvalue weighted by Crippen LogP contribution is -2.14. The average Bonchev–Trinajstić information content (AvgIpc) is 2.46. The van der Waals surface area contributed by atoms with Crippen molar-refractivity contribution >= 4 is 29.8 Å². The highest BCUT2D eigenvalue weighted by Crippen LogP contribution is 2.61. The van der Waals surface area contributed by atoms with Crippen molar-refractivity contribution in [3.63, 3.8) is 0 Å². The second-order valence-corrected chi connectivity index (χ2v) is 8.04. The van der Waals surface area contributed by atoms with Gasteiger partial charge in [0.05, 0.1) is 13.7 Å². The first-order valence-electron chi connectivity index (χ1n) is 6.49. The highest BCUT2D eigenvalue weighted by atomic mass is 32.7. The fraction of sp³-hybridized carbons (Fsp3) is 0.462. The number of nitrogens with one attached hydrogen (secondary N) is 1. The minimum absolute atomic E-state index is 0.191. The molecule has 0 aliphatic rings. The third kappa shape index (κ3) is 5.99. The first-order valence-corrected chi connectivity index (χ1v) is 9.65. The number of methoxy groups -OCH3 is 1. The van der Waals surface area contributed by atoms with Crippen LogP contribution in [0.15, 0.2) is 35.1 Å². The van der Waals surface area contributed by atoms with Crippen LogP contribution < -0.4 is 5.32 Å². The molecule has 0 radical (unpaired) electrons. The van der Waals surface area contributed by atoms with E-state index in [0.717, 1.165) is 17.9 Å². The van der Waals surface area contributed by atoms with Gasteiger partial charge in [-0.2, -0.15) is 0 Å². The number of hydrogen-bond donors (Lipinski definition) is 1. The smallest absolute Gasteiger partial charge is 0.376 e. The minimum Gasteiger partial charge on any atom is -0.468 e. The van der Waals surface area contributed by atoms with Crippen LogP contribution in [0.4, 0.5) is 5.69 Å². The van der Waals surface area contributed by atoms with Crippen molar-refractivity contribution in [2.24, 2.45) is 4.76 Å². The van der Waals surface area contributed by atoms with Gasteiger partial charge in [-0.3, -0.25) is 4.57 Å². The second-order valence-electron chi connectivity index (χ2n) is 3.82. The highest BCUT2D eigenvalue weighted by molar-refractivity contribution is 8.56. The summed E-state index contributed by atoms with van der Waals surface area (Å²) in [5, 5.41) is 2.98. The number of ether oxygens (including phenoxy) is 1. The lowest BCUT2D eigenvalue weighted by Gasteiger charge is -2.14. The number of para-hydroxylation sites is 1. The Labute approximate surface area is 124 Å². The van der Waals surface area contributed by atoms with Crippen molar-refractivity contribution in [2.75, 3.05) is 24.8 Å². The molecule has 1 atom stereocenters. The Kier molecular flexibility index (Phi) is 7.73. The molecule has 0 fully saturated rings. The number of hydrogen-bond acceptors (Lipinski definition) is 4. The predicted octanol–water partition coefficient (Wildman–Crippen LogP) is 4.39. The van der Waals surface area contributed by atoms with E-state index in [2.05, 4.69) is 10.1 Å².